The molecule has 5 nitrogen and oxygen atoms in total. The summed E-state index contributed by atoms with van der Waals surface area (Å²) in [5.41, 5.74) is 0. The maximum Gasteiger partial charge on any atom is 0.297 e. The number of Topliss-reactive ketones (excluding diaryl/α,β-unsaturated/α-hetero) is 1. The fraction of sp³-hybridized carbons (Fsp3) is 0.588. The summed E-state index contributed by atoms with van der Waals surface area (Å²) in [6, 6.07) is 7.88. The third kappa shape index (κ3) is 5.41. The van der Waals surface area contributed by atoms with Crippen molar-refractivity contribution in [1.82, 2.24) is 0 Å². The van der Waals surface area contributed by atoms with Gasteiger partial charge in [-0.2, -0.15) is 8.42 Å². The van der Waals surface area contributed by atoms with E-state index in [4.69, 9.17) is 8.92 Å². The zero-order chi connectivity index (χ0) is 16.7. The smallest absolute Gasteiger partial charge is 0.297 e. The van der Waals surface area contributed by atoms with Gasteiger partial charge in [-0.3, -0.25) is 8.98 Å². The van der Waals surface area contributed by atoms with Crippen molar-refractivity contribution >= 4 is 15.9 Å². The van der Waals surface area contributed by atoms with Crippen molar-refractivity contribution in [2.24, 2.45) is 5.92 Å². The van der Waals surface area contributed by atoms with Crippen LogP contribution in [0.25, 0.3) is 0 Å². The second kappa shape index (κ2) is 8.57. The molecule has 0 amide bonds. The lowest BCUT2D eigenvalue weighted by Gasteiger charge is -2.27. The maximum absolute atomic E-state index is 12.2. The highest BCUT2D eigenvalue weighted by Gasteiger charge is 2.28. The van der Waals surface area contributed by atoms with Crippen molar-refractivity contribution in [2.75, 3.05) is 13.2 Å². The third-order valence-corrected chi connectivity index (χ3v) is 5.35. The Hall–Kier alpha value is -1.24. The number of rotatable bonds is 8. The first-order chi connectivity index (χ1) is 11.0. The molecule has 1 aromatic carbocycles. The number of ketones is 1. The second-order valence-corrected chi connectivity index (χ2v) is 7.46. The second-order valence-electron chi connectivity index (χ2n) is 5.84. The summed E-state index contributed by atoms with van der Waals surface area (Å²) in [4.78, 5) is 12.2. The van der Waals surface area contributed by atoms with Gasteiger partial charge in [0.15, 0.2) is 5.78 Å². The number of carbonyl (C=O) groups is 1. The van der Waals surface area contributed by atoms with Gasteiger partial charge in [-0.25, -0.2) is 0 Å². The van der Waals surface area contributed by atoms with Gasteiger partial charge in [0, 0.05) is 12.5 Å². The van der Waals surface area contributed by atoms with Crippen LogP contribution in [0, 0.1) is 5.92 Å². The molecule has 0 N–H and O–H groups in total. The van der Waals surface area contributed by atoms with E-state index in [1.165, 1.54) is 12.1 Å². The summed E-state index contributed by atoms with van der Waals surface area (Å²) in [5, 5.41) is 0. The van der Waals surface area contributed by atoms with Gasteiger partial charge in [0.2, 0.25) is 0 Å². The Balaban J connectivity index is 1.80. The maximum atomic E-state index is 12.2. The molecule has 0 aromatic heterocycles. The highest BCUT2D eigenvalue weighted by Crippen LogP contribution is 2.27. The van der Waals surface area contributed by atoms with Gasteiger partial charge in [-0.1, -0.05) is 25.1 Å². The number of hydrogen-bond donors (Lipinski definition) is 0. The molecule has 1 aromatic rings. The van der Waals surface area contributed by atoms with Crippen LogP contribution < -0.4 is 0 Å². The summed E-state index contributed by atoms with van der Waals surface area (Å²) in [6.45, 7) is 2.43. The molecule has 1 saturated carbocycles. The molecule has 0 bridgehead atoms. The number of hydrogen-bond acceptors (Lipinski definition) is 5. The molecule has 0 spiro atoms. The molecule has 0 saturated heterocycles. The first-order valence-electron chi connectivity index (χ1n) is 8.11. The summed E-state index contributed by atoms with van der Waals surface area (Å²) in [5.74, 6) is -0.263. The van der Waals surface area contributed by atoms with Crippen molar-refractivity contribution in [3.05, 3.63) is 30.3 Å². The van der Waals surface area contributed by atoms with E-state index in [1.54, 1.807) is 18.2 Å². The van der Waals surface area contributed by atoms with Gasteiger partial charge in [0.1, 0.15) is 6.61 Å². The summed E-state index contributed by atoms with van der Waals surface area (Å²) < 4.78 is 34.6. The minimum atomic E-state index is -3.86. The Bertz CT molecular complexity index is 589. The van der Waals surface area contributed by atoms with E-state index >= 15 is 0 Å². The SMILES string of the molecule is CCCOC1CCC(C(=O)COS(=O)(=O)c2ccccc2)CC1. The summed E-state index contributed by atoms with van der Waals surface area (Å²) in [7, 11) is -3.86. The first kappa shape index (κ1) is 18.1. The zero-order valence-electron chi connectivity index (χ0n) is 13.4. The molecule has 23 heavy (non-hydrogen) atoms. The van der Waals surface area contributed by atoms with Crippen LogP contribution in [0.5, 0.6) is 0 Å². The van der Waals surface area contributed by atoms with E-state index < -0.39 is 10.1 Å². The first-order valence-corrected chi connectivity index (χ1v) is 9.52. The molecule has 1 aliphatic rings. The van der Waals surface area contributed by atoms with Crippen LogP contribution in [0.15, 0.2) is 35.2 Å². The molecule has 0 atom stereocenters. The number of carbonyl (C=O) groups excluding carboxylic acids is 1. The predicted molar refractivity (Wildman–Crippen MR) is 86.6 cm³/mol. The fourth-order valence-electron chi connectivity index (χ4n) is 2.74. The van der Waals surface area contributed by atoms with E-state index in [0.717, 1.165) is 38.7 Å². The molecule has 128 valence electrons. The Morgan fingerprint density at radius 1 is 1.13 bits per heavy atom. The lowest BCUT2D eigenvalue weighted by Crippen LogP contribution is -2.29. The Morgan fingerprint density at radius 2 is 1.78 bits per heavy atom. The Labute approximate surface area is 138 Å². The minimum absolute atomic E-state index is 0.0736. The van der Waals surface area contributed by atoms with Gasteiger partial charge < -0.3 is 4.74 Å². The van der Waals surface area contributed by atoms with Crippen LogP contribution >= 0.6 is 0 Å². The van der Waals surface area contributed by atoms with E-state index in [-0.39, 0.29) is 29.3 Å². The predicted octanol–water partition coefficient (Wildman–Crippen LogP) is 2.95. The molecule has 0 radical (unpaired) electrons. The molecule has 0 unspecified atom stereocenters. The number of ether oxygens (including phenoxy) is 1. The van der Waals surface area contributed by atoms with Crippen LogP contribution in [0.1, 0.15) is 39.0 Å². The Kier molecular flexibility index (Phi) is 6.74. The van der Waals surface area contributed by atoms with Crippen molar-refractivity contribution in [1.29, 1.82) is 0 Å². The van der Waals surface area contributed by atoms with Gasteiger partial charge in [0.25, 0.3) is 10.1 Å². The lowest BCUT2D eigenvalue weighted by molar-refractivity contribution is -0.126. The van der Waals surface area contributed by atoms with Crippen LogP contribution in [-0.2, 0) is 23.8 Å². The van der Waals surface area contributed by atoms with Crippen LogP contribution in [0.4, 0.5) is 0 Å². The van der Waals surface area contributed by atoms with Crippen molar-refractivity contribution in [3.63, 3.8) is 0 Å². The van der Waals surface area contributed by atoms with E-state index in [9.17, 15) is 13.2 Å². The monoisotopic (exact) mass is 340 g/mol. The minimum Gasteiger partial charge on any atom is -0.378 e. The zero-order valence-corrected chi connectivity index (χ0v) is 14.3. The van der Waals surface area contributed by atoms with Crippen LogP contribution in [0.2, 0.25) is 0 Å². The quantitative estimate of drug-likeness (QED) is 0.681. The van der Waals surface area contributed by atoms with Crippen molar-refractivity contribution in [2.45, 2.75) is 50.0 Å². The molecule has 0 aliphatic heterocycles. The largest absolute Gasteiger partial charge is 0.378 e. The van der Waals surface area contributed by atoms with E-state index in [0.29, 0.717) is 0 Å². The third-order valence-electron chi connectivity index (χ3n) is 4.08. The highest BCUT2D eigenvalue weighted by molar-refractivity contribution is 7.86. The molecular weight excluding hydrogens is 316 g/mol. The Morgan fingerprint density at radius 3 is 2.39 bits per heavy atom. The highest BCUT2D eigenvalue weighted by atomic mass is 32.2. The average molecular weight is 340 g/mol. The van der Waals surface area contributed by atoms with E-state index in [1.807, 2.05) is 0 Å². The van der Waals surface area contributed by atoms with Crippen LogP contribution in [0.3, 0.4) is 0 Å². The van der Waals surface area contributed by atoms with Gasteiger partial charge in [0.05, 0.1) is 11.0 Å². The van der Waals surface area contributed by atoms with Gasteiger partial charge in [-0.15, -0.1) is 0 Å². The normalized spacial score (nSPS) is 22.0. The topological polar surface area (TPSA) is 69.7 Å². The molecule has 6 heteroatoms. The van der Waals surface area contributed by atoms with Crippen LogP contribution in [-0.4, -0.2) is 33.5 Å². The standard InChI is InChI=1S/C17H24O5S/c1-2-12-21-15-10-8-14(9-11-15)17(18)13-22-23(19,20)16-6-4-3-5-7-16/h3-7,14-15H,2,8-13H2,1H3. The molecule has 2 rings (SSSR count). The van der Waals surface area contributed by atoms with Gasteiger partial charge >= 0.3 is 0 Å². The van der Waals surface area contributed by atoms with Crippen molar-refractivity contribution in [3.8, 4) is 0 Å². The summed E-state index contributed by atoms with van der Waals surface area (Å²) >= 11 is 0. The summed E-state index contributed by atoms with van der Waals surface area (Å²) in [6.07, 6.45) is 4.39. The molecular formula is C17H24O5S. The van der Waals surface area contributed by atoms with Crippen molar-refractivity contribution < 1.29 is 22.1 Å². The molecule has 0 heterocycles. The average Bonchev–Trinajstić information content (AvgIpc) is 2.59. The van der Waals surface area contributed by atoms with E-state index in [2.05, 4.69) is 6.92 Å². The lowest BCUT2D eigenvalue weighted by atomic mass is 9.85. The molecule has 1 fully saturated rings. The number of benzene rings is 1. The van der Waals surface area contributed by atoms with Gasteiger partial charge in [-0.05, 0) is 44.2 Å². The fourth-order valence-corrected chi connectivity index (χ4v) is 3.64. The molecule has 1 aliphatic carbocycles.